The molecular formula is C17H21N3O5. The number of fused-ring (bicyclic) bond motifs is 1. The van der Waals surface area contributed by atoms with Crippen LogP contribution in [0.1, 0.15) is 25.8 Å². The molecule has 0 saturated heterocycles. The summed E-state index contributed by atoms with van der Waals surface area (Å²) in [6, 6.07) is 6.33. The molecule has 0 aromatic heterocycles. The van der Waals surface area contributed by atoms with E-state index in [9.17, 15) is 9.59 Å². The highest BCUT2D eigenvalue weighted by Gasteiger charge is 2.22. The SMILES string of the molecule is CC(C)C[C@H](NC(=O)OCc1ccc2c(c1)OCO2)C(=O)NCC#N. The molecule has 0 bridgehead atoms. The Morgan fingerprint density at radius 2 is 2.08 bits per heavy atom. The number of nitriles is 1. The molecule has 1 aromatic carbocycles. The Labute approximate surface area is 146 Å². The van der Waals surface area contributed by atoms with E-state index in [1.165, 1.54) is 0 Å². The molecule has 2 N–H and O–H groups in total. The fourth-order valence-electron chi connectivity index (χ4n) is 2.32. The number of alkyl carbamates (subject to hydrolysis) is 1. The van der Waals surface area contributed by atoms with Crippen LogP contribution in [-0.2, 0) is 16.1 Å². The van der Waals surface area contributed by atoms with Crippen LogP contribution in [0.5, 0.6) is 11.5 Å². The summed E-state index contributed by atoms with van der Waals surface area (Å²) in [5.41, 5.74) is 0.744. The number of benzene rings is 1. The molecule has 0 unspecified atom stereocenters. The van der Waals surface area contributed by atoms with Gasteiger partial charge in [0.05, 0.1) is 6.07 Å². The summed E-state index contributed by atoms with van der Waals surface area (Å²) in [4.78, 5) is 24.0. The van der Waals surface area contributed by atoms with Gasteiger partial charge < -0.3 is 24.8 Å². The van der Waals surface area contributed by atoms with Crippen LogP contribution < -0.4 is 20.1 Å². The quantitative estimate of drug-likeness (QED) is 0.727. The first-order valence-electron chi connectivity index (χ1n) is 7.96. The summed E-state index contributed by atoms with van der Waals surface area (Å²) in [6.07, 6.45) is -0.258. The van der Waals surface area contributed by atoms with Gasteiger partial charge in [0.1, 0.15) is 19.2 Å². The maximum atomic E-state index is 12.0. The van der Waals surface area contributed by atoms with Crippen LogP contribution >= 0.6 is 0 Å². The average Bonchev–Trinajstić information content (AvgIpc) is 3.04. The van der Waals surface area contributed by atoms with Crippen molar-refractivity contribution in [1.29, 1.82) is 5.26 Å². The number of carbonyl (C=O) groups excluding carboxylic acids is 2. The molecule has 2 amide bonds. The van der Waals surface area contributed by atoms with Gasteiger partial charge >= 0.3 is 6.09 Å². The molecule has 1 atom stereocenters. The second kappa shape index (κ2) is 8.78. The Morgan fingerprint density at radius 1 is 1.32 bits per heavy atom. The first kappa shape index (κ1) is 18.4. The van der Waals surface area contributed by atoms with Crippen molar-refractivity contribution in [3.8, 4) is 17.6 Å². The van der Waals surface area contributed by atoms with E-state index < -0.39 is 18.0 Å². The lowest BCUT2D eigenvalue weighted by molar-refractivity contribution is -0.123. The van der Waals surface area contributed by atoms with Crippen LogP contribution in [0.3, 0.4) is 0 Å². The van der Waals surface area contributed by atoms with Gasteiger partial charge in [0.2, 0.25) is 12.7 Å². The standard InChI is InChI=1S/C17H21N3O5/c1-11(2)7-13(16(21)19-6-5-18)20-17(22)23-9-12-3-4-14-15(8-12)25-10-24-14/h3-4,8,11,13H,6-7,9-10H2,1-2H3,(H,19,21)(H,20,22)/t13-/m0/s1. The molecule has 25 heavy (non-hydrogen) atoms. The molecule has 0 saturated carbocycles. The molecular weight excluding hydrogens is 326 g/mol. The van der Waals surface area contributed by atoms with E-state index in [-0.39, 0.29) is 25.9 Å². The van der Waals surface area contributed by atoms with E-state index in [4.69, 9.17) is 19.5 Å². The van der Waals surface area contributed by atoms with Gasteiger partial charge in [-0.05, 0) is 30.0 Å². The van der Waals surface area contributed by atoms with Crippen LogP contribution in [0.2, 0.25) is 0 Å². The largest absolute Gasteiger partial charge is 0.454 e. The summed E-state index contributed by atoms with van der Waals surface area (Å²) in [7, 11) is 0. The molecule has 0 spiro atoms. The van der Waals surface area contributed by atoms with Gasteiger partial charge in [0, 0.05) is 0 Å². The zero-order valence-electron chi connectivity index (χ0n) is 14.2. The molecule has 1 aromatic rings. The van der Waals surface area contributed by atoms with Crippen LogP contribution in [-0.4, -0.2) is 31.4 Å². The molecule has 2 rings (SSSR count). The molecule has 0 aliphatic carbocycles. The first-order chi connectivity index (χ1) is 12.0. The van der Waals surface area contributed by atoms with Crippen LogP contribution in [0.15, 0.2) is 18.2 Å². The second-order valence-electron chi connectivity index (χ2n) is 5.97. The van der Waals surface area contributed by atoms with E-state index >= 15 is 0 Å². The second-order valence-corrected chi connectivity index (χ2v) is 5.97. The minimum absolute atomic E-state index is 0.0384. The highest BCUT2D eigenvalue weighted by Crippen LogP contribution is 2.32. The zero-order chi connectivity index (χ0) is 18.2. The zero-order valence-corrected chi connectivity index (χ0v) is 14.2. The summed E-state index contributed by atoms with van der Waals surface area (Å²) in [5, 5.41) is 13.5. The Hall–Kier alpha value is -2.95. The van der Waals surface area contributed by atoms with Gasteiger partial charge in [0.15, 0.2) is 11.5 Å². The number of amides is 2. The third kappa shape index (κ3) is 5.57. The van der Waals surface area contributed by atoms with Crippen molar-refractivity contribution >= 4 is 12.0 Å². The van der Waals surface area contributed by atoms with Crippen molar-refractivity contribution in [2.24, 2.45) is 5.92 Å². The molecule has 1 aliphatic heterocycles. The van der Waals surface area contributed by atoms with Gasteiger partial charge in [-0.25, -0.2) is 4.79 Å². The maximum absolute atomic E-state index is 12.0. The van der Waals surface area contributed by atoms with Crippen molar-refractivity contribution in [2.75, 3.05) is 13.3 Å². The van der Waals surface area contributed by atoms with Gasteiger partial charge in [-0.1, -0.05) is 19.9 Å². The van der Waals surface area contributed by atoms with Crippen molar-refractivity contribution in [3.63, 3.8) is 0 Å². The Bertz CT molecular complexity index is 669. The number of hydrogen-bond donors (Lipinski definition) is 2. The minimum atomic E-state index is -0.752. The van der Waals surface area contributed by atoms with E-state index in [0.29, 0.717) is 17.9 Å². The van der Waals surface area contributed by atoms with E-state index in [2.05, 4.69) is 10.6 Å². The van der Waals surface area contributed by atoms with Crippen molar-refractivity contribution in [1.82, 2.24) is 10.6 Å². The van der Waals surface area contributed by atoms with E-state index in [1.807, 2.05) is 19.9 Å². The van der Waals surface area contributed by atoms with Gasteiger partial charge in [-0.2, -0.15) is 5.26 Å². The van der Waals surface area contributed by atoms with Gasteiger partial charge in [0.25, 0.3) is 0 Å². The number of hydrogen-bond acceptors (Lipinski definition) is 6. The predicted molar refractivity (Wildman–Crippen MR) is 87.8 cm³/mol. The third-order valence-electron chi connectivity index (χ3n) is 3.46. The van der Waals surface area contributed by atoms with Gasteiger partial charge in [-0.3, -0.25) is 4.79 Å². The smallest absolute Gasteiger partial charge is 0.408 e. The highest BCUT2D eigenvalue weighted by molar-refractivity contribution is 5.85. The predicted octanol–water partition coefficient (Wildman–Crippen LogP) is 1.70. The number of carbonyl (C=O) groups is 2. The molecule has 8 nitrogen and oxygen atoms in total. The molecule has 8 heteroatoms. The minimum Gasteiger partial charge on any atom is -0.454 e. The van der Waals surface area contributed by atoms with Gasteiger partial charge in [-0.15, -0.1) is 0 Å². The summed E-state index contributed by atoms with van der Waals surface area (Å²) in [6.45, 7) is 3.97. The fourth-order valence-corrected chi connectivity index (χ4v) is 2.32. The lowest BCUT2D eigenvalue weighted by Crippen LogP contribution is -2.47. The van der Waals surface area contributed by atoms with Crippen LogP contribution in [0, 0.1) is 17.2 Å². The lowest BCUT2D eigenvalue weighted by Gasteiger charge is -2.19. The third-order valence-corrected chi connectivity index (χ3v) is 3.46. The summed E-state index contributed by atoms with van der Waals surface area (Å²) < 4.78 is 15.6. The molecule has 0 radical (unpaired) electrons. The number of ether oxygens (including phenoxy) is 3. The lowest BCUT2D eigenvalue weighted by atomic mass is 10.0. The van der Waals surface area contributed by atoms with E-state index in [0.717, 1.165) is 5.56 Å². The maximum Gasteiger partial charge on any atom is 0.408 e. The van der Waals surface area contributed by atoms with Crippen LogP contribution in [0.4, 0.5) is 4.79 Å². The first-order valence-corrected chi connectivity index (χ1v) is 7.96. The number of nitrogens with zero attached hydrogens (tertiary/aromatic N) is 1. The van der Waals surface area contributed by atoms with E-state index in [1.54, 1.807) is 18.2 Å². The monoisotopic (exact) mass is 347 g/mol. The normalized spacial score (nSPS) is 13.0. The fraction of sp³-hybridized carbons (Fsp3) is 0.471. The van der Waals surface area contributed by atoms with Crippen molar-refractivity contribution in [3.05, 3.63) is 23.8 Å². The van der Waals surface area contributed by atoms with Crippen molar-refractivity contribution in [2.45, 2.75) is 32.9 Å². The summed E-state index contributed by atoms with van der Waals surface area (Å²) >= 11 is 0. The summed E-state index contributed by atoms with van der Waals surface area (Å²) in [5.74, 6) is 1.04. The van der Waals surface area contributed by atoms with Crippen molar-refractivity contribution < 1.29 is 23.8 Å². The molecule has 0 fully saturated rings. The Kier molecular flexibility index (Phi) is 6.46. The Morgan fingerprint density at radius 3 is 2.80 bits per heavy atom. The molecule has 1 aliphatic rings. The Balaban J connectivity index is 1.87. The topological polar surface area (TPSA) is 110 Å². The molecule has 134 valence electrons. The number of nitrogens with one attached hydrogen (secondary N) is 2. The highest BCUT2D eigenvalue weighted by atomic mass is 16.7. The van der Waals surface area contributed by atoms with Crippen LogP contribution in [0.25, 0.3) is 0 Å². The average molecular weight is 347 g/mol. The molecule has 1 heterocycles. The number of rotatable bonds is 7.